The predicted octanol–water partition coefficient (Wildman–Crippen LogP) is 0.787. The summed E-state index contributed by atoms with van der Waals surface area (Å²) >= 11 is 0. The molecule has 0 aliphatic carbocycles. The van der Waals surface area contributed by atoms with Crippen LogP contribution in [0.3, 0.4) is 0 Å². The Hall–Kier alpha value is -2.61. The summed E-state index contributed by atoms with van der Waals surface area (Å²) in [7, 11) is 0. The van der Waals surface area contributed by atoms with Crippen LogP contribution in [0, 0.1) is 5.82 Å². The highest BCUT2D eigenvalue weighted by molar-refractivity contribution is 5.65. The molecule has 2 aromatic rings. The average Bonchev–Trinajstić information content (AvgIpc) is 2.94. The molecule has 23 heavy (non-hydrogen) atoms. The maximum Gasteiger partial charge on any atom is 0.365 e. The summed E-state index contributed by atoms with van der Waals surface area (Å²) < 4.78 is 25.8. The highest BCUT2D eigenvalue weighted by Gasteiger charge is 2.17. The van der Waals surface area contributed by atoms with Crippen LogP contribution < -0.4 is 15.8 Å². The van der Waals surface area contributed by atoms with E-state index < -0.39 is 11.4 Å². The van der Waals surface area contributed by atoms with Crippen molar-refractivity contribution in [2.45, 2.75) is 6.67 Å². The van der Waals surface area contributed by atoms with Crippen LogP contribution in [0.4, 0.5) is 10.1 Å². The fourth-order valence-electron chi connectivity index (χ4n) is 2.51. The number of carbonyl (C=O) groups is 1. The first-order valence-electron chi connectivity index (χ1n) is 7.19. The number of nitrogens with one attached hydrogen (secondary N) is 1. The highest BCUT2D eigenvalue weighted by Crippen LogP contribution is 2.25. The third kappa shape index (κ3) is 3.26. The van der Waals surface area contributed by atoms with Gasteiger partial charge in [-0.2, -0.15) is 4.74 Å². The SMILES string of the molecule is O=CNCn1cc(-c2ccc(N3CCOCC3)c(F)c2)c(=O)o1. The molecule has 2 heterocycles. The maximum absolute atomic E-state index is 14.4. The Bertz CT molecular complexity index is 749. The number of morpholine rings is 1. The zero-order valence-electron chi connectivity index (χ0n) is 12.3. The first kappa shape index (κ1) is 15.3. The summed E-state index contributed by atoms with van der Waals surface area (Å²) in [5, 5.41) is 2.38. The molecule has 8 heteroatoms. The third-order valence-corrected chi connectivity index (χ3v) is 3.63. The van der Waals surface area contributed by atoms with Crippen molar-refractivity contribution in [3.05, 3.63) is 40.6 Å². The van der Waals surface area contributed by atoms with E-state index in [1.807, 2.05) is 4.90 Å². The first-order chi connectivity index (χ1) is 11.2. The Morgan fingerprint density at radius 1 is 1.30 bits per heavy atom. The molecular weight excluding hydrogens is 305 g/mol. The van der Waals surface area contributed by atoms with E-state index in [1.165, 1.54) is 17.0 Å². The lowest BCUT2D eigenvalue weighted by atomic mass is 10.1. The second-order valence-corrected chi connectivity index (χ2v) is 5.08. The minimum atomic E-state index is -0.587. The number of amides is 1. The van der Waals surface area contributed by atoms with Crippen LogP contribution in [0.25, 0.3) is 11.1 Å². The Labute approximate surface area is 131 Å². The lowest BCUT2D eigenvalue weighted by Gasteiger charge is -2.29. The van der Waals surface area contributed by atoms with Crippen molar-refractivity contribution in [1.29, 1.82) is 0 Å². The second kappa shape index (κ2) is 6.66. The van der Waals surface area contributed by atoms with E-state index in [1.54, 1.807) is 12.1 Å². The van der Waals surface area contributed by atoms with Crippen LogP contribution in [0.15, 0.2) is 33.7 Å². The Morgan fingerprint density at radius 3 is 2.78 bits per heavy atom. The molecule has 122 valence electrons. The molecule has 1 amide bonds. The van der Waals surface area contributed by atoms with Crippen LogP contribution >= 0.6 is 0 Å². The van der Waals surface area contributed by atoms with Gasteiger partial charge in [0.2, 0.25) is 6.41 Å². The second-order valence-electron chi connectivity index (χ2n) is 5.08. The average molecular weight is 321 g/mol. The normalized spacial score (nSPS) is 14.7. The first-order valence-corrected chi connectivity index (χ1v) is 7.19. The molecule has 1 aromatic heterocycles. The fourth-order valence-corrected chi connectivity index (χ4v) is 2.51. The molecule has 7 nitrogen and oxygen atoms in total. The zero-order valence-corrected chi connectivity index (χ0v) is 12.3. The van der Waals surface area contributed by atoms with Crippen LogP contribution in [0.1, 0.15) is 0 Å². The Kier molecular flexibility index (Phi) is 4.42. The number of hydrogen-bond acceptors (Lipinski definition) is 5. The number of carbonyl (C=O) groups excluding carboxylic acids is 1. The van der Waals surface area contributed by atoms with Crippen molar-refractivity contribution in [3.63, 3.8) is 0 Å². The predicted molar refractivity (Wildman–Crippen MR) is 80.6 cm³/mol. The molecular formula is C15H16FN3O4. The lowest BCUT2D eigenvalue weighted by Crippen LogP contribution is -2.36. The van der Waals surface area contributed by atoms with Crippen molar-refractivity contribution in [2.24, 2.45) is 0 Å². The summed E-state index contributed by atoms with van der Waals surface area (Å²) in [5.74, 6) is -0.400. The van der Waals surface area contributed by atoms with Crippen molar-refractivity contribution < 1.29 is 18.4 Å². The number of aromatic nitrogens is 1. The van der Waals surface area contributed by atoms with E-state index in [4.69, 9.17) is 9.26 Å². The lowest BCUT2D eigenvalue weighted by molar-refractivity contribution is -0.110. The molecule has 0 saturated carbocycles. The van der Waals surface area contributed by atoms with Crippen molar-refractivity contribution in [2.75, 3.05) is 31.2 Å². The van der Waals surface area contributed by atoms with Gasteiger partial charge < -0.3 is 19.5 Å². The van der Waals surface area contributed by atoms with E-state index in [0.717, 1.165) is 0 Å². The van der Waals surface area contributed by atoms with Crippen molar-refractivity contribution >= 4 is 12.1 Å². The molecule has 1 aliphatic rings. The molecule has 0 spiro atoms. The van der Waals surface area contributed by atoms with E-state index >= 15 is 0 Å². The quantitative estimate of drug-likeness (QED) is 0.824. The van der Waals surface area contributed by atoms with Crippen LogP contribution in [0.5, 0.6) is 0 Å². The number of hydrogen-bond donors (Lipinski definition) is 1. The van der Waals surface area contributed by atoms with Gasteiger partial charge in [0, 0.05) is 13.1 Å². The van der Waals surface area contributed by atoms with Gasteiger partial charge >= 0.3 is 5.63 Å². The molecule has 0 unspecified atom stereocenters. The van der Waals surface area contributed by atoms with E-state index in [2.05, 4.69) is 5.32 Å². The molecule has 0 bridgehead atoms. The monoisotopic (exact) mass is 321 g/mol. The van der Waals surface area contributed by atoms with E-state index in [0.29, 0.717) is 44.0 Å². The summed E-state index contributed by atoms with van der Waals surface area (Å²) in [4.78, 5) is 24.0. The van der Waals surface area contributed by atoms with Gasteiger partial charge in [-0.05, 0) is 17.7 Å². The number of anilines is 1. The number of halogens is 1. The molecule has 1 aliphatic heterocycles. The van der Waals surface area contributed by atoms with Gasteiger partial charge in [-0.15, -0.1) is 0 Å². The van der Waals surface area contributed by atoms with Gasteiger partial charge in [-0.1, -0.05) is 6.07 Å². The highest BCUT2D eigenvalue weighted by atomic mass is 19.1. The molecule has 0 radical (unpaired) electrons. The molecule has 1 fully saturated rings. The van der Waals surface area contributed by atoms with Crippen molar-refractivity contribution in [3.8, 4) is 11.1 Å². The topological polar surface area (TPSA) is 76.7 Å². The Balaban J connectivity index is 1.86. The van der Waals surface area contributed by atoms with Crippen LogP contribution in [-0.4, -0.2) is 37.5 Å². The molecule has 0 atom stereocenters. The van der Waals surface area contributed by atoms with Gasteiger partial charge in [0.25, 0.3) is 0 Å². The molecule has 1 saturated heterocycles. The molecule has 1 aromatic carbocycles. The van der Waals surface area contributed by atoms with Gasteiger partial charge in [-0.25, -0.2) is 9.18 Å². The zero-order chi connectivity index (χ0) is 16.2. The molecule has 3 rings (SSSR count). The van der Waals surface area contributed by atoms with Gasteiger partial charge in [0.1, 0.15) is 12.5 Å². The number of nitrogens with zero attached hydrogens (tertiary/aromatic N) is 2. The van der Waals surface area contributed by atoms with Gasteiger partial charge in [0.15, 0.2) is 0 Å². The molecule has 1 N–H and O–H groups in total. The summed E-state index contributed by atoms with van der Waals surface area (Å²) in [6.07, 6.45) is 1.93. The fraction of sp³-hybridized carbons (Fsp3) is 0.333. The van der Waals surface area contributed by atoms with Crippen LogP contribution in [0.2, 0.25) is 0 Å². The van der Waals surface area contributed by atoms with Crippen molar-refractivity contribution in [1.82, 2.24) is 10.1 Å². The minimum absolute atomic E-state index is 0.0348. The van der Waals surface area contributed by atoms with E-state index in [-0.39, 0.29) is 12.2 Å². The standard InChI is InChI=1S/C15H16FN3O4/c16-13-7-11(1-2-14(13)18-3-5-22-6-4-18)12-8-19(9-17-10-20)23-15(12)21/h1-2,7-8,10H,3-6,9H2,(H,17,20). The minimum Gasteiger partial charge on any atom is -0.378 e. The summed E-state index contributed by atoms with van der Waals surface area (Å²) in [5.41, 5.74) is 0.572. The number of ether oxygens (including phenoxy) is 1. The third-order valence-electron chi connectivity index (χ3n) is 3.63. The summed E-state index contributed by atoms with van der Waals surface area (Å²) in [6.45, 7) is 2.43. The van der Waals surface area contributed by atoms with E-state index in [9.17, 15) is 14.0 Å². The van der Waals surface area contributed by atoms with Gasteiger partial charge in [0.05, 0.1) is 30.7 Å². The summed E-state index contributed by atoms with van der Waals surface area (Å²) in [6, 6.07) is 4.64. The Morgan fingerprint density at radius 2 is 2.09 bits per heavy atom. The number of benzene rings is 1. The maximum atomic E-state index is 14.4. The largest absolute Gasteiger partial charge is 0.378 e. The van der Waals surface area contributed by atoms with Crippen LogP contribution in [-0.2, 0) is 16.2 Å². The smallest absolute Gasteiger partial charge is 0.365 e. The van der Waals surface area contributed by atoms with Gasteiger partial charge in [-0.3, -0.25) is 4.79 Å². The number of rotatable bonds is 5.